The van der Waals surface area contributed by atoms with Crippen molar-refractivity contribution >= 4 is 42.7 Å². The highest BCUT2D eigenvalue weighted by Gasteiger charge is 2.49. The highest BCUT2D eigenvalue weighted by Crippen LogP contribution is 2.36. The highest BCUT2D eigenvalue weighted by molar-refractivity contribution is 6.57. The molecule has 1 saturated heterocycles. The van der Waals surface area contributed by atoms with Crippen molar-refractivity contribution in [2.75, 3.05) is 13.7 Å². The maximum atomic E-state index is 13.7. The molecule has 10 nitrogen and oxygen atoms in total. The van der Waals surface area contributed by atoms with E-state index in [0.717, 1.165) is 17.2 Å². The average molecular weight is 568 g/mol. The topological polar surface area (TPSA) is 127 Å². The Labute approximate surface area is 245 Å². The lowest BCUT2D eigenvalue weighted by molar-refractivity contribution is -0.141. The second-order valence-corrected chi connectivity index (χ2v) is 11.2. The number of aromatic nitrogens is 1. The highest BCUT2D eigenvalue weighted by atomic mass is 16.5. The van der Waals surface area contributed by atoms with E-state index in [1.54, 1.807) is 21.0 Å². The van der Waals surface area contributed by atoms with Crippen molar-refractivity contribution in [3.05, 3.63) is 54.6 Å². The van der Waals surface area contributed by atoms with Crippen molar-refractivity contribution in [1.82, 2.24) is 20.5 Å². The molecule has 2 N–H and O–H groups in total. The lowest BCUT2D eigenvalue weighted by Gasteiger charge is -2.30. The van der Waals surface area contributed by atoms with Crippen LogP contribution in [0.25, 0.3) is 22.2 Å². The first-order chi connectivity index (χ1) is 20.1. The zero-order valence-electron chi connectivity index (χ0n) is 23.8. The van der Waals surface area contributed by atoms with Crippen LogP contribution in [0.15, 0.2) is 54.6 Å². The molecule has 3 unspecified atom stereocenters. The van der Waals surface area contributed by atoms with Gasteiger partial charge in [-0.05, 0) is 30.9 Å². The molecule has 0 spiro atoms. The summed E-state index contributed by atoms with van der Waals surface area (Å²) in [7, 11) is 6.94. The first-order valence-electron chi connectivity index (χ1n) is 14.0. The molecule has 216 valence electrons. The van der Waals surface area contributed by atoms with Gasteiger partial charge >= 0.3 is 0 Å². The number of aldehydes is 1. The van der Waals surface area contributed by atoms with Crippen LogP contribution in [0.4, 0.5) is 4.79 Å². The molecule has 1 saturated carbocycles. The minimum atomic E-state index is -0.934. The minimum Gasteiger partial charge on any atom is -0.497 e. The average Bonchev–Trinajstić information content (AvgIpc) is 3.63. The zero-order chi connectivity index (χ0) is 30.0. The van der Waals surface area contributed by atoms with E-state index in [9.17, 15) is 19.2 Å². The Hall–Kier alpha value is -4.41. The number of methoxy groups -OCH3 is 1. The first kappa shape index (κ1) is 29.1. The van der Waals surface area contributed by atoms with Gasteiger partial charge in [-0.15, -0.1) is 0 Å². The number of carbonyl (C=O) groups excluding carboxylic acids is 4. The van der Waals surface area contributed by atoms with Gasteiger partial charge in [0, 0.05) is 29.5 Å². The van der Waals surface area contributed by atoms with E-state index in [4.69, 9.17) is 22.3 Å². The summed E-state index contributed by atoms with van der Waals surface area (Å²) >= 11 is 0. The summed E-state index contributed by atoms with van der Waals surface area (Å²) in [5, 5.41) is 6.07. The fourth-order valence-electron chi connectivity index (χ4n) is 5.29. The van der Waals surface area contributed by atoms with E-state index >= 15 is 0 Å². The number of benzene rings is 2. The molecule has 2 aliphatic rings. The van der Waals surface area contributed by atoms with Gasteiger partial charge in [0.05, 0.1) is 30.4 Å². The quantitative estimate of drug-likeness (QED) is 0.285. The van der Waals surface area contributed by atoms with Crippen LogP contribution in [0.1, 0.15) is 33.1 Å². The standard InChI is InChI=1S/C31H33BN4O6/c1-18(2)27(34-30(32)40)29(39)36-16-21(14-25(36)28(38)35-31(17-37)11-12-31)42-26-15-23(19-7-5-4-6-8-19)33-24-13-20(41-3)9-10-22(24)26/h4-10,13,15,17-18,21,25,27H,11-12,14,16H2,1-3H3,(H,34,40)(H,35,38). The maximum Gasteiger partial charge on any atom is 0.246 e. The van der Waals surface area contributed by atoms with Crippen LogP contribution in [0, 0.1) is 5.92 Å². The Balaban J connectivity index is 1.48. The predicted molar refractivity (Wildman–Crippen MR) is 157 cm³/mol. The molecule has 3 atom stereocenters. The fraction of sp³-hybridized carbons (Fsp3) is 0.387. The van der Waals surface area contributed by atoms with Gasteiger partial charge in [-0.3, -0.25) is 14.4 Å². The molecule has 42 heavy (non-hydrogen) atoms. The predicted octanol–water partition coefficient (Wildman–Crippen LogP) is 3.01. The van der Waals surface area contributed by atoms with Gasteiger partial charge in [0.25, 0.3) is 0 Å². The van der Waals surface area contributed by atoms with Gasteiger partial charge in [-0.25, -0.2) is 4.98 Å². The van der Waals surface area contributed by atoms with E-state index in [2.05, 4.69) is 10.6 Å². The van der Waals surface area contributed by atoms with E-state index in [0.29, 0.717) is 35.6 Å². The third kappa shape index (κ3) is 6.10. The summed E-state index contributed by atoms with van der Waals surface area (Å²) in [6.07, 6.45) is 1.47. The molecule has 1 aliphatic carbocycles. The van der Waals surface area contributed by atoms with Crippen molar-refractivity contribution in [1.29, 1.82) is 0 Å². The molecule has 0 bridgehead atoms. The summed E-state index contributed by atoms with van der Waals surface area (Å²) in [4.78, 5) is 56.7. The second kappa shape index (κ2) is 11.8. The lowest BCUT2D eigenvalue weighted by Crippen LogP contribution is -2.56. The van der Waals surface area contributed by atoms with Crippen LogP contribution in [-0.2, 0) is 14.4 Å². The lowest BCUT2D eigenvalue weighted by atomic mass is 9.99. The number of fused-ring (bicyclic) bond motifs is 1. The van der Waals surface area contributed by atoms with Gasteiger partial charge in [0.15, 0.2) is 5.81 Å². The van der Waals surface area contributed by atoms with Gasteiger partial charge in [0.1, 0.15) is 36.0 Å². The summed E-state index contributed by atoms with van der Waals surface area (Å²) in [5.74, 6) is -0.810. The number of likely N-dealkylation sites (tertiary alicyclic amines) is 1. The van der Waals surface area contributed by atoms with Crippen molar-refractivity contribution in [3.8, 4) is 22.8 Å². The van der Waals surface area contributed by atoms with Crippen molar-refractivity contribution in [2.24, 2.45) is 5.92 Å². The number of ether oxygens (including phenoxy) is 2. The summed E-state index contributed by atoms with van der Waals surface area (Å²) < 4.78 is 12.0. The number of carbonyl (C=O) groups is 4. The SMILES string of the molecule is [B]C(=O)NC(C(=O)N1CC(Oc2cc(-c3ccccc3)nc3cc(OC)ccc23)CC1C(=O)NC1(C=O)CC1)C(C)C. The fourth-order valence-corrected chi connectivity index (χ4v) is 5.29. The minimum absolute atomic E-state index is 0.0926. The molecule has 11 heteroatoms. The molecule has 2 aromatic carbocycles. The van der Waals surface area contributed by atoms with Crippen molar-refractivity contribution in [2.45, 2.75) is 56.8 Å². The van der Waals surface area contributed by atoms with Crippen molar-refractivity contribution in [3.63, 3.8) is 0 Å². The molecule has 3 aromatic rings. The molecular weight excluding hydrogens is 535 g/mol. The van der Waals surface area contributed by atoms with E-state index in [1.807, 2.05) is 54.6 Å². The first-order valence-corrected chi connectivity index (χ1v) is 14.0. The Morgan fingerprint density at radius 2 is 1.86 bits per heavy atom. The monoisotopic (exact) mass is 568 g/mol. The number of hydrogen-bond acceptors (Lipinski definition) is 7. The molecule has 5 rings (SSSR count). The Morgan fingerprint density at radius 3 is 2.48 bits per heavy atom. The Bertz CT molecular complexity index is 1510. The normalized spacial score (nSPS) is 19.7. The Kier molecular flexibility index (Phi) is 8.20. The van der Waals surface area contributed by atoms with Crippen LogP contribution >= 0.6 is 0 Å². The third-order valence-electron chi connectivity index (χ3n) is 7.81. The van der Waals surface area contributed by atoms with Gasteiger partial charge in [-0.1, -0.05) is 44.2 Å². The van der Waals surface area contributed by atoms with E-state index < -0.39 is 41.3 Å². The maximum absolute atomic E-state index is 13.7. The van der Waals surface area contributed by atoms with E-state index in [1.165, 1.54) is 4.90 Å². The molecule has 2 fully saturated rings. The number of rotatable bonds is 10. The molecular formula is C31H33BN4O6. The number of hydrogen-bond donors (Lipinski definition) is 2. The van der Waals surface area contributed by atoms with Crippen LogP contribution in [0.2, 0.25) is 0 Å². The van der Waals surface area contributed by atoms with Gasteiger partial charge in [0.2, 0.25) is 19.7 Å². The number of pyridine rings is 1. The van der Waals surface area contributed by atoms with Crippen LogP contribution in [0.5, 0.6) is 11.5 Å². The second-order valence-electron chi connectivity index (χ2n) is 11.2. The molecule has 3 amide bonds. The van der Waals surface area contributed by atoms with Gasteiger partial charge < -0.3 is 29.8 Å². The summed E-state index contributed by atoms with van der Waals surface area (Å²) in [6, 6.07) is 15.2. The molecule has 2 heterocycles. The molecule has 2 radical (unpaired) electrons. The largest absolute Gasteiger partial charge is 0.497 e. The van der Waals surface area contributed by atoms with Crippen LogP contribution in [-0.4, -0.2) is 79.0 Å². The molecule has 1 aliphatic heterocycles. The Morgan fingerprint density at radius 1 is 1.12 bits per heavy atom. The zero-order valence-corrected chi connectivity index (χ0v) is 23.8. The number of nitrogens with zero attached hydrogens (tertiary/aromatic N) is 2. The number of nitrogens with one attached hydrogen (secondary N) is 2. The third-order valence-corrected chi connectivity index (χ3v) is 7.81. The number of amides is 3. The van der Waals surface area contributed by atoms with Crippen LogP contribution in [0.3, 0.4) is 0 Å². The summed E-state index contributed by atoms with van der Waals surface area (Å²) in [5.41, 5.74) is 1.36. The summed E-state index contributed by atoms with van der Waals surface area (Å²) in [6.45, 7) is 3.66. The van der Waals surface area contributed by atoms with Gasteiger partial charge in [-0.2, -0.15) is 0 Å². The van der Waals surface area contributed by atoms with E-state index in [-0.39, 0.29) is 18.9 Å². The van der Waals surface area contributed by atoms with Crippen LogP contribution < -0.4 is 20.1 Å². The molecule has 1 aromatic heterocycles. The smallest absolute Gasteiger partial charge is 0.246 e. The van der Waals surface area contributed by atoms with Crippen molar-refractivity contribution < 1.29 is 28.7 Å².